The number of hydrogen-bond acceptors (Lipinski definition) is 5. The molecule has 4 rings (SSSR count). The lowest BCUT2D eigenvalue weighted by Crippen LogP contribution is -2.14. The molecular weight excluding hydrogens is 310 g/mol. The first kappa shape index (κ1) is 13.9. The maximum atomic E-state index is 12.5. The van der Waals surface area contributed by atoms with E-state index in [1.54, 1.807) is 36.7 Å². The number of primary amides is 1. The topological polar surface area (TPSA) is 142 Å². The van der Waals surface area contributed by atoms with Crippen molar-refractivity contribution in [1.29, 1.82) is 0 Å². The number of nitrogens with one attached hydrogen (secondary N) is 3. The fourth-order valence-electron chi connectivity index (χ4n) is 2.42. The van der Waals surface area contributed by atoms with E-state index >= 15 is 0 Å². The third-order valence-electron chi connectivity index (χ3n) is 3.51. The van der Waals surface area contributed by atoms with Gasteiger partial charge in [0.25, 0.3) is 11.8 Å². The zero-order valence-electron chi connectivity index (χ0n) is 12.2. The second-order valence-corrected chi connectivity index (χ2v) is 5.08. The highest BCUT2D eigenvalue weighted by Gasteiger charge is 2.16. The van der Waals surface area contributed by atoms with Crippen LogP contribution in [0.1, 0.15) is 21.0 Å². The Hall–Kier alpha value is -3.75. The lowest BCUT2D eigenvalue weighted by Gasteiger charge is -2.02. The zero-order valence-corrected chi connectivity index (χ0v) is 12.2. The number of amides is 2. The fourth-order valence-corrected chi connectivity index (χ4v) is 2.42. The van der Waals surface area contributed by atoms with Crippen molar-refractivity contribution in [3.05, 3.63) is 48.0 Å². The summed E-state index contributed by atoms with van der Waals surface area (Å²) in [7, 11) is 0. The number of hydrogen-bond donors (Lipinski definition) is 4. The van der Waals surface area contributed by atoms with E-state index in [-0.39, 0.29) is 5.82 Å². The Morgan fingerprint density at radius 3 is 2.75 bits per heavy atom. The number of nitrogens with zero attached hydrogens (tertiary/aromatic N) is 3. The van der Waals surface area contributed by atoms with Gasteiger partial charge >= 0.3 is 0 Å². The summed E-state index contributed by atoms with van der Waals surface area (Å²) in [6.45, 7) is 0. The van der Waals surface area contributed by atoms with Gasteiger partial charge in [0.2, 0.25) is 5.95 Å². The number of para-hydroxylation sites is 1. The highest BCUT2D eigenvalue weighted by atomic mass is 16.2. The minimum absolute atomic E-state index is 0.0000569. The number of aromatic nitrogens is 5. The second-order valence-electron chi connectivity index (χ2n) is 5.08. The van der Waals surface area contributed by atoms with Crippen LogP contribution in [0.25, 0.3) is 22.1 Å². The SMILES string of the molecule is NC(=O)c1nc2c(C(=O)Nc3nc4ccncc4[nH]3)cccc2[nH]1. The number of anilines is 1. The Balaban J connectivity index is 1.71. The third kappa shape index (κ3) is 2.24. The molecule has 0 unspecified atom stereocenters. The summed E-state index contributed by atoms with van der Waals surface area (Å²) in [4.78, 5) is 41.8. The van der Waals surface area contributed by atoms with Gasteiger partial charge in [-0.05, 0) is 18.2 Å². The molecule has 9 nitrogen and oxygen atoms in total. The van der Waals surface area contributed by atoms with Crippen LogP contribution in [0, 0.1) is 0 Å². The standard InChI is InChI=1S/C15H11N7O2/c16-12(23)13-18-9-3-1-2-7(11(9)21-13)14(24)22-15-19-8-4-5-17-6-10(8)20-15/h1-6H,(H2,16,23)(H,18,21)(H2,19,20,22,24). The molecule has 9 heteroatoms. The Bertz CT molecular complexity index is 1060. The first-order valence-corrected chi connectivity index (χ1v) is 7.01. The molecule has 118 valence electrons. The average molecular weight is 321 g/mol. The van der Waals surface area contributed by atoms with Crippen molar-refractivity contribution in [3.8, 4) is 0 Å². The van der Waals surface area contributed by atoms with Crippen LogP contribution in [0.4, 0.5) is 5.95 Å². The molecule has 3 heterocycles. The predicted molar refractivity (Wildman–Crippen MR) is 86.5 cm³/mol. The molecule has 0 saturated carbocycles. The van der Waals surface area contributed by atoms with Gasteiger partial charge in [0.05, 0.1) is 28.3 Å². The Morgan fingerprint density at radius 2 is 1.96 bits per heavy atom. The molecule has 0 aliphatic rings. The number of nitrogens with two attached hydrogens (primary N) is 1. The number of rotatable bonds is 3. The normalized spacial score (nSPS) is 11.0. The van der Waals surface area contributed by atoms with Crippen LogP contribution in [-0.4, -0.2) is 36.7 Å². The predicted octanol–water partition coefficient (Wildman–Crippen LogP) is 1.19. The van der Waals surface area contributed by atoms with Gasteiger partial charge in [-0.25, -0.2) is 9.97 Å². The largest absolute Gasteiger partial charge is 0.363 e. The van der Waals surface area contributed by atoms with Crippen LogP contribution >= 0.6 is 0 Å². The minimum Gasteiger partial charge on any atom is -0.363 e. The summed E-state index contributed by atoms with van der Waals surface area (Å²) >= 11 is 0. The molecule has 2 amide bonds. The van der Waals surface area contributed by atoms with E-state index in [0.717, 1.165) is 0 Å². The highest BCUT2D eigenvalue weighted by Crippen LogP contribution is 2.18. The summed E-state index contributed by atoms with van der Waals surface area (Å²) in [6.07, 6.45) is 3.23. The Labute approximate surface area is 134 Å². The van der Waals surface area contributed by atoms with Gasteiger partial charge in [0.15, 0.2) is 5.82 Å². The number of aromatic amines is 2. The van der Waals surface area contributed by atoms with Crippen molar-refractivity contribution in [3.63, 3.8) is 0 Å². The Morgan fingerprint density at radius 1 is 1.08 bits per heavy atom. The van der Waals surface area contributed by atoms with E-state index in [2.05, 4.69) is 30.2 Å². The van der Waals surface area contributed by atoms with E-state index < -0.39 is 11.8 Å². The van der Waals surface area contributed by atoms with Crippen molar-refractivity contribution >= 4 is 39.8 Å². The quantitative estimate of drug-likeness (QED) is 0.448. The van der Waals surface area contributed by atoms with Gasteiger partial charge in [-0.2, -0.15) is 0 Å². The monoisotopic (exact) mass is 321 g/mol. The first-order chi connectivity index (χ1) is 11.6. The van der Waals surface area contributed by atoms with Crippen molar-refractivity contribution in [2.75, 3.05) is 5.32 Å². The van der Waals surface area contributed by atoms with Crippen molar-refractivity contribution < 1.29 is 9.59 Å². The van der Waals surface area contributed by atoms with Crippen LogP contribution in [0.3, 0.4) is 0 Å². The summed E-state index contributed by atoms with van der Waals surface area (Å²) in [5.41, 5.74) is 7.83. The summed E-state index contributed by atoms with van der Waals surface area (Å²) < 4.78 is 0. The van der Waals surface area contributed by atoms with Gasteiger partial charge in [-0.1, -0.05) is 6.07 Å². The van der Waals surface area contributed by atoms with E-state index in [1.807, 2.05) is 0 Å². The average Bonchev–Trinajstić information content (AvgIpc) is 3.17. The van der Waals surface area contributed by atoms with Gasteiger partial charge in [-0.3, -0.25) is 19.9 Å². The molecule has 0 aliphatic carbocycles. The number of carbonyl (C=O) groups excluding carboxylic acids is 2. The Kier molecular flexibility index (Phi) is 2.98. The molecule has 0 radical (unpaired) electrons. The summed E-state index contributed by atoms with van der Waals surface area (Å²) in [5, 5.41) is 2.67. The molecule has 1 aromatic carbocycles. The minimum atomic E-state index is -0.692. The van der Waals surface area contributed by atoms with Crippen LogP contribution in [0.2, 0.25) is 0 Å². The van der Waals surface area contributed by atoms with Gasteiger partial charge in [0.1, 0.15) is 5.52 Å². The van der Waals surface area contributed by atoms with Crippen LogP contribution in [0.15, 0.2) is 36.7 Å². The number of imidazole rings is 2. The number of pyridine rings is 1. The molecule has 0 spiro atoms. The van der Waals surface area contributed by atoms with Crippen LogP contribution in [-0.2, 0) is 0 Å². The van der Waals surface area contributed by atoms with Crippen molar-refractivity contribution in [2.24, 2.45) is 5.73 Å². The number of carbonyl (C=O) groups is 2. The van der Waals surface area contributed by atoms with Crippen LogP contribution in [0.5, 0.6) is 0 Å². The smallest absolute Gasteiger partial charge is 0.284 e. The molecule has 4 aromatic rings. The fraction of sp³-hybridized carbons (Fsp3) is 0. The van der Waals surface area contributed by atoms with E-state index in [9.17, 15) is 9.59 Å². The molecule has 0 atom stereocenters. The molecule has 0 bridgehead atoms. The van der Waals surface area contributed by atoms with Crippen molar-refractivity contribution in [1.82, 2.24) is 24.9 Å². The summed E-state index contributed by atoms with van der Waals surface area (Å²) in [5.74, 6) is -0.803. The van der Waals surface area contributed by atoms with Crippen molar-refractivity contribution in [2.45, 2.75) is 0 Å². The van der Waals surface area contributed by atoms with Gasteiger partial charge in [0, 0.05) is 6.20 Å². The van der Waals surface area contributed by atoms with Crippen LogP contribution < -0.4 is 11.1 Å². The lowest BCUT2D eigenvalue weighted by atomic mass is 10.2. The first-order valence-electron chi connectivity index (χ1n) is 7.01. The van der Waals surface area contributed by atoms with Gasteiger partial charge < -0.3 is 15.7 Å². The van der Waals surface area contributed by atoms with Gasteiger partial charge in [-0.15, -0.1) is 0 Å². The maximum absolute atomic E-state index is 12.5. The molecule has 5 N–H and O–H groups in total. The zero-order chi connectivity index (χ0) is 16.7. The molecule has 0 aliphatic heterocycles. The highest BCUT2D eigenvalue weighted by molar-refractivity contribution is 6.11. The third-order valence-corrected chi connectivity index (χ3v) is 3.51. The number of fused-ring (bicyclic) bond motifs is 2. The lowest BCUT2D eigenvalue weighted by molar-refractivity contribution is 0.0989. The summed E-state index contributed by atoms with van der Waals surface area (Å²) in [6, 6.07) is 6.73. The molecule has 3 aromatic heterocycles. The molecular formula is C15H11N7O2. The molecule has 0 saturated heterocycles. The second kappa shape index (κ2) is 5.16. The van der Waals surface area contributed by atoms with E-state index in [0.29, 0.717) is 33.6 Å². The number of H-pyrrole nitrogens is 2. The molecule has 0 fully saturated rings. The van der Waals surface area contributed by atoms with E-state index in [1.165, 1.54) is 0 Å². The molecule has 24 heavy (non-hydrogen) atoms. The van der Waals surface area contributed by atoms with E-state index in [4.69, 9.17) is 5.73 Å². The maximum Gasteiger partial charge on any atom is 0.284 e. The number of benzene rings is 1.